The van der Waals surface area contributed by atoms with Crippen LogP contribution in [0.3, 0.4) is 0 Å². The Morgan fingerprint density at radius 2 is 0.873 bits per heavy atom. The van der Waals surface area contributed by atoms with E-state index >= 15 is 0 Å². The van der Waals surface area contributed by atoms with Gasteiger partial charge in [0.25, 0.3) is 0 Å². The Kier molecular flexibility index (Phi) is 43.2. The van der Waals surface area contributed by atoms with Gasteiger partial charge in [-0.2, -0.15) is 0 Å². The first-order chi connectivity index (χ1) is 29.9. The van der Waals surface area contributed by atoms with Crippen molar-refractivity contribution >= 4 is 47.8 Å². The average molecular weight is 949 g/mol. The zero-order chi connectivity index (χ0) is 46.1. The number of ether oxygens (including phenoxy) is 9. The van der Waals surface area contributed by atoms with Gasteiger partial charge in [0.2, 0.25) is 29.5 Å². The fourth-order valence-corrected chi connectivity index (χ4v) is 5.60. The third-order valence-electron chi connectivity index (χ3n) is 8.22. The molecule has 0 rings (SSSR count). The first-order valence-corrected chi connectivity index (χ1v) is 24.0. The summed E-state index contributed by atoms with van der Waals surface area (Å²) < 4.78 is 53.1. The highest BCUT2D eigenvalue weighted by Gasteiger charge is 2.25. The maximum Gasteiger partial charge on any atom is 0.242 e. The molecule has 0 aliphatic rings. The second kappa shape index (κ2) is 43.5. The smallest absolute Gasteiger partial charge is 0.242 e. The lowest BCUT2D eigenvalue weighted by atomic mass is 10.1. The van der Waals surface area contributed by atoms with E-state index in [0.29, 0.717) is 72.6 Å². The molecule has 3 unspecified atom stereocenters. The van der Waals surface area contributed by atoms with E-state index in [1.165, 1.54) is 0 Å². The number of carbonyl (C=O) groups is 5. The molecular weight excluding hydrogens is 870 g/mol. The summed E-state index contributed by atoms with van der Waals surface area (Å²) in [5, 5.41) is 13.5. The molecule has 0 aliphatic carbocycles. The fourth-order valence-electron chi connectivity index (χ4n) is 4.75. The average Bonchev–Trinajstić information content (AvgIpc) is 3.24. The van der Waals surface area contributed by atoms with Crippen LogP contribution in [-0.4, -0.2) is 193 Å². The number of methoxy groups -OCH3 is 2. The minimum absolute atomic E-state index is 0. The van der Waals surface area contributed by atoms with E-state index in [9.17, 15) is 28.9 Å². The molecule has 21 nitrogen and oxygen atoms in total. The van der Waals surface area contributed by atoms with Crippen molar-refractivity contribution in [1.82, 2.24) is 26.6 Å². The van der Waals surface area contributed by atoms with E-state index in [4.69, 9.17) is 59.0 Å². The van der Waals surface area contributed by atoms with Gasteiger partial charge in [-0.25, -0.2) is 0 Å². The molecule has 63 heavy (non-hydrogen) atoms. The van der Waals surface area contributed by atoms with Crippen LogP contribution in [0.15, 0.2) is 0 Å². The lowest BCUT2D eigenvalue weighted by Crippen LogP contribution is -2.50. The number of nitrogens with one attached hydrogen (secondary N) is 5. The van der Waals surface area contributed by atoms with E-state index in [-0.39, 0.29) is 110 Å². The van der Waals surface area contributed by atoms with Crippen molar-refractivity contribution in [2.45, 2.75) is 84.5 Å². The Morgan fingerprint density at radius 1 is 0.508 bits per heavy atom. The van der Waals surface area contributed by atoms with Gasteiger partial charge in [0, 0.05) is 59.7 Å². The lowest BCUT2D eigenvalue weighted by molar-refractivity contribution is -0.185. The maximum absolute atomic E-state index is 13.2. The van der Waals surface area contributed by atoms with E-state index in [1.807, 2.05) is 6.92 Å². The third kappa shape index (κ3) is 38.5. The monoisotopic (exact) mass is 948 g/mol. The molecular formula is C40H79N5O16PS-. The van der Waals surface area contributed by atoms with Crippen molar-refractivity contribution in [1.29, 1.82) is 0 Å². The van der Waals surface area contributed by atoms with E-state index in [2.05, 4.69) is 26.6 Å². The largest absolute Gasteiger partial charge is 0.800 e. The van der Waals surface area contributed by atoms with Crippen LogP contribution in [0.5, 0.6) is 0 Å². The standard InChI is InChI=1S/C39H76N5O16PS.CH4/c1-6-15-53-17-12-40-35(45)9-7-33(38(48)41-13-18-55-22-20-51-4)43-36(46)10-8-34(39(49)42-14-19-56-23-21-52-5)44-37(47)11-16-54-24-25-57-26-27-58-28-29-59-30-31-60-61(50,62)32(2)3;/h32-34H,6-31H2,1-5H3,(H,40,45)(H,41,48)(H,42,49)(H,43,46)(H,44,47)(H,50,62);1H4/p-1. The SMILES string of the molecule is C.CCCOCCNC(=O)CCC(NC(=O)CCC(NC(=O)CCOCCOCCOCCOCCOP([O-])(=S)C(C)C)C(=O)NCCOCCOC)C(=O)NCCOCCOC. The summed E-state index contributed by atoms with van der Waals surface area (Å²) in [6.45, 7) is 8.22. The van der Waals surface area contributed by atoms with Crippen LogP contribution in [-0.2, 0) is 82.9 Å². The van der Waals surface area contributed by atoms with Crippen LogP contribution in [0.1, 0.15) is 66.7 Å². The van der Waals surface area contributed by atoms with Crippen LogP contribution >= 0.6 is 6.49 Å². The number of carbonyl (C=O) groups excluding carboxylic acids is 5. The Morgan fingerprint density at radius 3 is 1.32 bits per heavy atom. The van der Waals surface area contributed by atoms with Gasteiger partial charge in [-0.1, -0.05) is 40.0 Å². The molecule has 0 aromatic heterocycles. The van der Waals surface area contributed by atoms with Gasteiger partial charge in [-0.15, -0.1) is 0 Å². The first-order valence-electron chi connectivity index (χ1n) is 21.3. The molecule has 0 saturated heterocycles. The van der Waals surface area contributed by atoms with Crippen molar-refractivity contribution in [3.8, 4) is 0 Å². The van der Waals surface area contributed by atoms with Crippen molar-refractivity contribution in [3.63, 3.8) is 0 Å². The summed E-state index contributed by atoms with van der Waals surface area (Å²) in [5.74, 6) is -2.36. The number of hydrogen-bond donors (Lipinski definition) is 5. The normalized spacial score (nSPS) is 13.1. The minimum atomic E-state index is -3.03. The second-order valence-corrected chi connectivity index (χ2v) is 17.6. The summed E-state index contributed by atoms with van der Waals surface area (Å²) in [6.07, 6.45) is 0.473. The second-order valence-electron chi connectivity index (χ2n) is 13.7. The van der Waals surface area contributed by atoms with Crippen molar-refractivity contribution in [2.24, 2.45) is 0 Å². The minimum Gasteiger partial charge on any atom is -0.800 e. The molecule has 0 aromatic rings. The van der Waals surface area contributed by atoms with Gasteiger partial charge in [-0.05, 0) is 31.4 Å². The summed E-state index contributed by atoms with van der Waals surface area (Å²) in [4.78, 5) is 76.7. The fraction of sp³-hybridized carbons (Fsp3) is 0.875. The van der Waals surface area contributed by atoms with Crippen molar-refractivity contribution in [2.75, 3.05) is 146 Å². The summed E-state index contributed by atoms with van der Waals surface area (Å²) in [5.41, 5.74) is -0.223. The highest BCUT2D eigenvalue weighted by Crippen LogP contribution is 2.42. The van der Waals surface area contributed by atoms with Gasteiger partial charge in [-0.3, -0.25) is 24.0 Å². The molecule has 23 heteroatoms. The predicted molar refractivity (Wildman–Crippen MR) is 238 cm³/mol. The molecule has 3 atom stereocenters. The number of hydrogen-bond acceptors (Lipinski definition) is 17. The third-order valence-corrected chi connectivity index (χ3v) is 11.6. The number of amides is 5. The molecule has 5 N–H and O–H groups in total. The quantitative estimate of drug-likeness (QED) is 0.0392. The van der Waals surface area contributed by atoms with Crippen molar-refractivity contribution < 1.29 is 76.0 Å². The summed E-state index contributed by atoms with van der Waals surface area (Å²) in [7, 11) is 3.09. The lowest BCUT2D eigenvalue weighted by Gasteiger charge is -2.31. The molecule has 372 valence electrons. The van der Waals surface area contributed by atoms with E-state index in [1.54, 1.807) is 28.1 Å². The van der Waals surface area contributed by atoms with Gasteiger partial charge in [0.05, 0.1) is 106 Å². The van der Waals surface area contributed by atoms with Crippen LogP contribution < -0.4 is 31.5 Å². The summed E-state index contributed by atoms with van der Waals surface area (Å²) >= 11 is 4.95. The Balaban J connectivity index is 0. The summed E-state index contributed by atoms with van der Waals surface area (Å²) in [6, 6.07) is -2.13. The Labute approximate surface area is 380 Å². The van der Waals surface area contributed by atoms with Crippen molar-refractivity contribution in [3.05, 3.63) is 0 Å². The van der Waals surface area contributed by atoms with Gasteiger partial charge in [0.15, 0.2) is 0 Å². The molecule has 0 spiro atoms. The highest BCUT2D eigenvalue weighted by atomic mass is 32.5. The molecule has 0 bridgehead atoms. The maximum atomic E-state index is 13.2. The van der Waals surface area contributed by atoms with Gasteiger partial charge < -0.3 is 78.6 Å². The molecule has 0 aliphatic heterocycles. The van der Waals surface area contributed by atoms with Gasteiger partial charge in [0.1, 0.15) is 12.1 Å². The predicted octanol–water partition coefficient (Wildman–Crippen LogP) is -0.195. The highest BCUT2D eigenvalue weighted by molar-refractivity contribution is 8.09. The molecule has 0 radical (unpaired) electrons. The molecule has 0 heterocycles. The molecule has 5 amide bonds. The molecule has 0 aromatic carbocycles. The van der Waals surface area contributed by atoms with Crippen LogP contribution in [0.4, 0.5) is 0 Å². The van der Waals surface area contributed by atoms with E-state index in [0.717, 1.165) is 6.42 Å². The number of rotatable bonds is 44. The zero-order valence-corrected chi connectivity index (χ0v) is 39.2. The topological polar surface area (TPSA) is 261 Å². The Bertz CT molecular complexity index is 1230. The molecule has 0 fully saturated rings. The van der Waals surface area contributed by atoms with Gasteiger partial charge >= 0.3 is 0 Å². The molecule has 0 saturated carbocycles. The van der Waals surface area contributed by atoms with E-state index < -0.39 is 42.2 Å². The van der Waals surface area contributed by atoms with Crippen LogP contribution in [0.2, 0.25) is 0 Å². The zero-order valence-electron chi connectivity index (χ0n) is 37.5. The first kappa shape index (κ1) is 62.6. The van der Waals surface area contributed by atoms with Crippen LogP contribution in [0, 0.1) is 0 Å². The van der Waals surface area contributed by atoms with Crippen LogP contribution in [0.25, 0.3) is 0 Å². The Hall–Kier alpha value is -2.44.